The van der Waals surface area contributed by atoms with Crippen molar-refractivity contribution in [1.29, 1.82) is 0 Å². The van der Waals surface area contributed by atoms with Gasteiger partial charge in [0.15, 0.2) is 0 Å². The number of rotatable bonds is 4. The number of sulfonamides is 1. The first-order valence-electron chi connectivity index (χ1n) is 8.15. The van der Waals surface area contributed by atoms with Crippen LogP contribution in [-0.4, -0.2) is 20.1 Å². The molecule has 2 aromatic rings. The van der Waals surface area contributed by atoms with Crippen LogP contribution in [0.2, 0.25) is 0 Å². The molecule has 0 aliphatic heterocycles. The Kier molecular flexibility index (Phi) is 4.74. The van der Waals surface area contributed by atoms with Gasteiger partial charge in [-0.2, -0.15) is 13.2 Å². The number of anilines is 1. The lowest BCUT2D eigenvalue weighted by atomic mass is 10.1. The van der Waals surface area contributed by atoms with Crippen LogP contribution in [0.15, 0.2) is 47.4 Å². The third-order valence-electron chi connectivity index (χ3n) is 4.50. The van der Waals surface area contributed by atoms with Crippen molar-refractivity contribution in [3.05, 3.63) is 59.2 Å². The molecular formula is C18H18F3NO3S. The van der Waals surface area contributed by atoms with E-state index in [9.17, 15) is 26.7 Å². The summed E-state index contributed by atoms with van der Waals surface area (Å²) in [5.41, 5.74) is 0.928. The Morgan fingerprint density at radius 3 is 2.58 bits per heavy atom. The Labute approximate surface area is 149 Å². The maximum Gasteiger partial charge on any atom is 0.416 e. The number of hydrogen-bond donors (Lipinski definition) is 1. The van der Waals surface area contributed by atoms with Crippen molar-refractivity contribution >= 4 is 15.7 Å². The molecule has 1 aliphatic carbocycles. The normalized spacial score (nSPS) is 17.2. The number of aliphatic hydroxyl groups is 1. The maximum absolute atomic E-state index is 12.9. The molecule has 1 atom stereocenters. The van der Waals surface area contributed by atoms with Gasteiger partial charge in [-0.15, -0.1) is 0 Å². The highest BCUT2D eigenvalue weighted by Crippen LogP contribution is 2.36. The molecule has 0 bridgehead atoms. The summed E-state index contributed by atoms with van der Waals surface area (Å²) >= 11 is 0. The molecule has 0 radical (unpaired) electrons. The number of halogens is 3. The topological polar surface area (TPSA) is 57.6 Å². The summed E-state index contributed by atoms with van der Waals surface area (Å²) in [7, 11) is -4.17. The van der Waals surface area contributed by atoms with Crippen LogP contribution in [0.5, 0.6) is 0 Å². The molecule has 0 heterocycles. The number of aliphatic hydroxyl groups excluding tert-OH is 1. The van der Waals surface area contributed by atoms with E-state index in [0.29, 0.717) is 30.2 Å². The van der Waals surface area contributed by atoms with Gasteiger partial charge < -0.3 is 5.11 Å². The first kappa shape index (κ1) is 18.7. The molecule has 0 fully saturated rings. The van der Waals surface area contributed by atoms with Crippen LogP contribution in [-0.2, 0) is 22.6 Å². The third-order valence-corrected chi connectivity index (χ3v) is 6.40. The zero-order valence-corrected chi connectivity index (χ0v) is 14.8. The highest BCUT2D eigenvalue weighted by Gasteiger charge is 2.33. The maximum atomic E-state index is 12.9. The van der Waals surface area contributed by atoms with E-state index in [2.05, 4.69) is 0 Å². The van der Waals surface area contributed by atoms with Gasteiger partial charge in [-0.05, 0) is 61.2 Å². The van der Waals surface area contributed by atoms with Gasteiger partial charge in [0.1, 0.15) is 0 Å². The van der Waals surface area contributed by atoms with E-state index in [1.165, 1.54) is 0 Å². The van der Waals surface area contributed by atoms with Gasteiger partial charge in [0, 0.05) is 6.54 Å². The van der Waals surface area contributed by atoms with Crippen LogP contribution in [0.4, 0.5) is 18.9 Å². The van der Waals surface area contributed by atoms with E-state index in [1.54, 1.807) is 25.1 Å². The van der Waals surface area contributed by atoms with E-state index < -0.39 is 32.8 Å². The van der Waals surface area contributed by atoms with Crippen molar-refractivity contribution in [2.45, 2.75) is 36.9 Å². The van der Waals surface area contributed by atoms with Gasteiger partial charge in [0.2, 0.25) is 0 Å². The number of fused-ring (bicyclic) bond motifs is 1. The molecule has 140 valence electrons. The van der Waals surface area contributed by atoms with Crippen molar-refractivity contribution in [3.8, 4) is 0 Å². The number of benzene rings is 2. The Hall–Kier alpha value is -2.06. The lowest BCUT2D eigenvalue weighted by molar-refractivity contribution is -0.137. The van der Waals surface area contributed by atoms with Crippen molar-refractivity contribution in [3.63, 3.8) is 0 Å². The number of hydrogen-bond acceptors (Lipinski definition) is 3. The van der Waals surface area contributed by atoms with E-state index in [-0.39, 0.29) is 6.54 Å². The second-order valence-electron chi connectivity index (χ2n) is 6.13. The quantitative estimate of drug-likeness (QED) is 0.869. The third kappa shape index (κ3) is 3.31. The molecule has 4 nitrogen and oxygen atoms in total. The summed E-state index contributed by atoms with van der Waals surface area (Å²) in [6.45, 7) is 1.66. The predicted octanol–water partition coefficient (Wildman–Crippen LogP) is 3.90. The Balaban J connectivity index is 2.04. The summed E-state index contributed by atoms with van der Waals surface area (Å²) in [5, 5.41) is 10.0. The molecule has 26 heavy (non-hydrogen) atoms. The van der Waals surface area contributed by atoms with E-state index >= 15 is 0 Å². The van der Waals surface area contributed by atoms with Crippen LogP contribution in [0, 0.1) is 0 Å². The largest absolute Gasteiger partial charge is 0.416 e. The Morgan fingerprint density at radius 1 is 1.19 bits per heavy atom. The van der Waals surface area contributed by atoms with Crippen molar-refractivity contribution in [2.24, 2.45) is 0 Å². The molecule has 1 unspecified atom stereocenters. The molecule has 1 aliphatic rings. The molecule has 1 N–H and O–H groups in total. The van der Waals surface area contributed by atoms with Crippen LogP contribution in [0.25, 0.3) is 0 Å². The van der Waals surface area contributed by atoms with E-state index in [4.69, 9.17) is 0 Å². The number of alkyl halides is 3. The van der Waals surface area contributed by atoms with Gasteiger partial charge in [0.25, 0.3) is 10.0 Å². The molecule has 0 aromatic heterocycles. The SMILES string of the molecule is CCN(c1ccc2c(c1)C(O)CC2)S(=O)(=O)c1cccc(C(F)(F)F)c1. The summed E-state index contributed by atoms with van der Waals surface area (Å²) in [6.07, 6.45) is -3.99. The van der Waals surface area contributed by atoms with Gasteiger partial charge in [0.05, 0.1) is 22.3 Å². The minimum Gasteiger partial charge on any atom is -0.388 e. The highest BCUT2D eigenvalue weighted by atomic mass is 32.2. The van der Waals surface area contributed by atoms with Gasteiger partial charge in [-0.25, -0.2) is 8.42 Å². The average Bonchev–Trinajstić information content (AvgIpc) is 2.95. The van der Waals surface area contributed by atoms with Crippen molar-refractivity contribution in [1.82, 2.24) is 0 Å². The van der Waals surface area contributed by atoms with Crippen LogP contribution >= 0.6 is 0 Å². The molecule has 0 amide bonds. The fourth-order valence-corrected chi connectivity index (χ4v) is 4.69. The zero-order chi connectivity index (χ0) is 19.1. The summed E-state index contributed by atoms with van der Waals surface area (Å²) in [6, 6.07) is 8.67. The number of aryl methyl sites for hydroxylation is 1. The molecule has 3 rings (SSSR count). The smallest absolute Gasteiger partial charge is 0.388 e. The second-order valence-corrected chi connectivity index (χ2v) is 8.00. The van der Waals surface area contributed by atoms with Crippen LogP contribution in [0.1, 0.15) is 36.1 Å². The van der Waals surface area contributed by atoms with E-state index in [1.807, 2.05) is 0 Å². The fraction of sp³-hybridized carbons (Fsp3) is 0.333. The molecule has 0 spiro atoms. The molecular weight excluding hydrogens is 367 g/mol. The van der Waals surface area contributed by atoms with Gasteiger partial charge >= 0.3 is 6.18 Å². The molecule has 0 saturated carbocycles. The zero-order valence-electron chi connectivity index (χ0n) is 14.0. The predicted molar refractivity (Wildman–Crippen MR) is 91.4 cm³/mol. The fourth-order valence-electron chi connectivity index (χ4n) is 3.17. The first-order chi connectivity index (χ1) is 12.1. The van der Waals surface area contributed by atoms with Gasteiger partial charge in [-0.1, -0.05) is 12.1 Å². The summed E-state index contributed by atoms with van der Waals surface area (Å²) < 4.78 is 65.6. The highest BCUT2D eigenvalue weighted by molar-refractivity contribution is 7.92. The molecule has 8 heteroatoms. The van der Waals surface area contributed by atoms with Crippen molar-refractivity contribution < 1.29 is 26.7 Å². The van der Waals surface area contributed by atoms with Crippen LogP contribution in [0.3, 0.4) is 0 Å². The average molecular weight is 385 g/mol. The van der Waals surface area contributed by atoms with Crippen molar-refractivity contribution in [2.75, 3.05) is 10.8 Å². The number of nitrogens with zero attached hydrogens (tertiary/aromatic N) is 1. The minimum atomic E-state index is -4.62. The van der Waals surface area contributed by atoms with Crippen LogP contribution < -0.4 is 4.31 Å². The Bertz CT molecular complexity index is 926. The second kappa shape index (κ2) is 6.59. The lowest BCUT2D eigenvalue weighted by Gasteiger charge is -2.24. The first-order valence-corrected chi connectivity index (χ1v) is 9.59. The summed E-state index contributed by atoms with van der Waals surface area (Å²) in [5.74, 6) is 0. The summed E-state index contributed by atoms with van der Waals surface area (Å²) in [4.78, 5) is -0.421. The standard InChI is InChI=1S/C18H18F3NO3S/c1-2-22(14-8-6-12-7-9-17(23)16(12)11-14)26(24,25)15-5-3-4-13(10-15)18(19,20)21/h3-6,8,10-11,17,23H,2,7,9H2,1H3. The minimum absolute atomic E-state index is 0.0491. The molecule has 0 saturated heterocycles. The van der Waals surface area contributed by atoms with E-state index in [0.717, 1.165) is 28.1 Å². The lowest BCUT2D eigenvalue weighted by Crippen LogP contribution is -2.31. The molecule has 2 aromatic carbocycles. The monoisotopic (exact) mass is 385 g/mol. The Morgan fingerprint density at radius 2 is 1.92 bits per heavy atom. The van der Waals surface area contributed by atoms with Gasteiger partial charge in [-0.3, -0.25) is 4.31 Å².